The molecule has 0 unspecified atom stereocenters. The minimum absolute atomic E-state index is 0.0650. The predicted molar refractivity (Wildman–Crippen MR) is 52.6 cm³/mol. The molecule has 1 aromatic heterocycles. The van der Waals surface area contributed by atoms with Crippen LogP contribution in [0.2, 0.25) is 5.15 Å². The Morgan fingerprint density at radius 3 is 2.42 bits per heavy atom. The third-order valence-corrected chi connectivity index (χ3v) is 1.47. The van der Waals surface area contributed by atoms with Crippen molar-refractivity contribution < 1.29 is 0 Å². The van der Waals surface area contributed by atoms with E-state index in [1.165, 1.54) is 0 Å². The normalized spacial score (nSPS) is 11.3. The Morgan fingerprint density at radius 2 is 2.00 bits per heavy atom. The van der Waals surface area contributed by atoms with Crippen molar-refractivity contribution in [3.63, 3.8) is 0 Å². The second-order valence-corrected chi connectivity index (χ2v) is 4.13. The highest BCUT2D eigenvalue weighted by molar-refractivity contribution is 6.29. The molecule has 1 heterocycles. The van der Waals surface area contributed by atoms with E-state index in [9.17, 15) is 0 Å². The van der Waals surface area contributed by atoms with Gasteiger partial charge < -0.3 is 5.32 Å². The zero-order valence-corrected chi connectivity index (χ0v) is 8.31. The Labute approximate surface area is 78.0 Å². The van der Waals surface area contributed by atoms with Crippen LogP contribution in [0.15, 0.2) is 18.3 Å². The van der Waals surface area contributed by atoms with Gasteiger partial charge in [-0.2, -0.15) is 0 Å². The zero-order chi connectivity index (χ0) is 9.19. The van der Waals surface area contributed by atoms with E-state index in [-0.39, 0.29) is 5.54 Å². The standard InChI is InChI=1S/C9H13ClN2/c1-9(2,3)12-7-4-5-8(10)11-6-7/h4-6,12H,1-3H3. The van der Waals surface area contributed by atoms with E-state index in [0.29, 0.717) is 5.15 Å². The second kappa shape index (κ2) is 3.31. The van der Waals surface area contributed by atoms with E-state index in [1.807, 2.05) is 6.07 Å². The highest BCUT2D eigenvalue weighted by Crippen LogP contribution is 2.14. The molecule has 0 radical (unpaired) electrons. The van der Waals surface area contributed by atoms with Crippen molar-refractivity contribution in [2.45, 2.75) is 26.3 Å². The summed E-state index contributed by atoms with van der Waals surface area (Å²) in [5.41, 5.74) is 1.06. The molecule has 0 aliphatic rings. The van der Waals surface area contributed by atoms with E-state index < -0.39 is 0 Å². The highest BCUT2D eigenvalue weighted by Gasteiger charge is 2.08. The van der Waals surface area contributed by atoms with Gasteiger partial charge in [0.2, 0.25) is 0 Å². The minimum Gasteiger partial charge on any atom is -0.379 e. The fraction of sp³-hybridized carbons (Fsp3) is 0.444. The van der Waals surface area contributed by atoms with E-state index >= 15 is 0 Å². The van der Waals surface area contributed by atoms with Gasteiger partial charge in [0, 0.05) is 5.54 Å². The third-order valence-electron chi connectivity index (χ3n) is 1.25. The average molecular weight is 185 g/mol. The summed E-state index contributed by atoms with van der Waals surface area (Å²) in [7, 11) is 0. The van der Waals surface area contributed by atoms with Crippen LogP contribution in [0.4, 0.5) is 5.69 Å². The smallest absolute Gasteiger partial charge is 0.129 e. The molecule has 3 heteroatoms. The maximum Gasteiger partial charge on any atom is 0.129 e. The number of aromatic nitrogens is 1. The van der Waals surface area contributed by atoms with Crippen molar-refractivity contribution >= 4 is 17.3 Å². The van der Waals surface area contributed by atoms with Crippen LogP contribution in [0, 0.1) is 0 Å². The van der Waals surface area contributed by atoms with Gasteiger partial charge in [-0.15, -0.1) is 0 Å². The Hall–Kier alpha value is -0.760. The largest absolute Gasteiger partial charge is 0.379 e. The number of rotatable bonds is 1. The maximum absolute atomic E-state index is 5.64. The van der Waals surface area contributed by atoms with Crippen molar-refractivity contribution in [1.82, 2.24) is 4.98 Å². The van der Waals surface area contributed by atoms with E-state index in [2.05, 4.69) is 31.1 Å². The lowest BCUT2D eigenvalue weighted by Gasteiger charge is -2.21. The molecule has 0 aliphatic heterocycles. The molecule has 0 atom stereocenters. The molecule has 12 heavy (non-hydrogen) atoms. The number of nitrogens with one attached hydrogen (secondary N) is 1. The molecule has 0 saturated heterocycles. The van der Waals surface area contributed by atoms with Crippen molar-refractivity contribution in [1.29, 1.82) is 0 Å². The summed E-state index contributed by atoms with van der Waals surface area (Å²) in [5.74, 6) is 0. The maximum atomic E-state index is 5.64. The molecule has 1 N–H and O–H groups in total. The predicted octanol–water partition coefficient (Wildman–Crippen LogP) is 2.95. The summed E-state index contributed by atoms with van der Waals surface area (Å²) in [6, 6.07) is 3.69. The summed E-state index contributed by atoms with van der Waals surface area (Å²) < 4.78 is 0. The Bertz CT molecular complexity index is 248. The minimum atomic E-state index is 0.0650. The number of hydrogen-bond acceptors (Lipinski definition) is 2. The Balaban J connectivity index is 2.71. The topological polar surface area (TPSA) is 24.9 Å². The number of anilines is 1. The van der Waals surface area contributed by atoms with Crippen LogP contribution in [-0.2, 0) is 0 Å². The molecule has 0 amide bonds. The van der Waals surface area contributed by atoms with Gasteiger partial charge in [-0.05, 0) is 32.9 Å². The molecule has 1 rings (SSSR count). The first-order valence-corrected chi connectivity index (χ1v) is 4.25. The first-order valence-electron chi connectivity index (χ1n) is 3.87. The SMILES string of the molecule is CC(C)(C)Nc1ccc(Cl)nc1. The molecule has 0 spiro atoms. The molecular weight excluding hydrogens is 172 g/mol. The number of pyridine rings is 1. The summed E-state index contributed by atoms with van der Waals surface area (Å²) in [6.45, 7) is 6.30. The van der Waals surface area contributed by atoms with Crippen molar-refractivity contribution in [3.05, 3.63) is 23.5 Å². The van der Waals surface area contributed by atoms with Gasteiger partial charge in [0.15, 0.2) is 0 Å². The van der Waals surface area contributed by atoms with Crippen molar-refractivity contribution in [3.8, 4) is 0 Å². The van der Waals surface area contributed by atoms with Gasteiger partial charge in [0.05, 0.1) is 11.9 Å². The molecule has 0 fully saturated rings. The van der Waals surface area contributed by atoms with Gasteiger partial charge in [0.25, 0.3) is 0 Å². The van der Waals surface area contributed by atoms with E-state index in [0.717, 1.165) is 5.69 Å². The van der Waals surface area contributed by atoms with Crippen LogP contribution in [0.3, 0.4) is 0 Å². The summed E-state index contributed by atoms with van der Waals surface area (Å²) in [4.78, 5) is 3.97. The molecule has 66 valence electrons. The summed E-state index contributed by atoms with van der Waals surface area (Å²) in [6.07, 6.45) is 1.73. The first-order chi connectivity index (χ1) is 5.47. The number of hydrogen-bond donors (Lipinski definition) is 1. The number of halogens is 1. The van der Waals surface area contributed by atoms with Crippen LogP contribution in [0.1, 0.15) is 20.8 Å². The van der Waals surface area contributed by atoms with Crippen LogP contribution in [0.5, 0.6) is 0 Å². The lowest BCUT2D eigenvalue weighted by atomic mass is 10.1. The Kier molecular flexibility index (Phi) is 2.58. The number of nitrogens with zero attached hydrogens (tertiary/aromatic N) is 1. The second-order valence-electron chi connectivity index (χ2n) is 3.74. The van der Waals surface area contributed by atoms with Crippen molar-refractivity contribution in [2.75, 3.05) is 5.32 Å². The molecule has 0 saturated carbocycles. The Morgan fingerprint density at radius 1 is 1.33 bits per heavy atom. The lowest BCUT2D eigenvalue weighted by Crippen LogP contribution is -2.25. The van der Waals surface area contributed by atoms with Gasteiger partial charge >= 0.3 is 0 Å². The van der Waals surface area contributed by atoms with E-state index in [1.54, 1.807) is 12.3 Å². The fourth-order valence-electron chi connectivity index (χ4n) is 0.883. The van der Waals surface area contributed by atoms with Crippen LogP contribution < -0.4 is 5.32 Å². The van der Waals surface area contributed by atoms with Gasteiger partial charge in [-0.1, -0.05) is 11.6 Å². The molecule has 0 aromatic carbocycles. The highest BCUT2D eigenvalue weighted by atomic mass is 35.5. The molecular formula is C9H13ClN2. The summed E-state index contributed by atoms with van der Waals surface area (Å²) >= 11 is 5.64. The summed E-state index contributed by atoms with van der Waals surface area (Å²) in [5, 5.41) is 3.81. The quantitative estimate of drug-likeness (QED) is 0.679. The monoisotopic (exact) mass is 184 g/mol. The van der Waals surface area contributed by atoms with Crippen LogP contribution in [0.25, 0.3) is 0 Å². The van der Waals surface area contributed by atoms with Gasteiger partial charge in [0.1, 0.15) is 5.15 Å². The first kappa shape index (κ1) is 9.33. The fourth-order valence-corrected chi connectivity index (χ4v) is 0.995. The molecule has 0 aliphatic carbocycles. The van der Waals surface area contributed by atoms with Gasteiger partial charge in [-0.25, -0.2) is 4.98 Å². The molecule has 0 bridgehead atoms. The van der Waals surface area contributed by atoms with Crippen molar-refractivity contribution in [2.24, 2.45) is 0 Å². The molecule has 2 nitrogen and oxygen atoms in total. The zero-order valence-electron chi connectivity index (χ0n) is 7.56. The average Bonchev–Trinajstić information content (AvgIpc) is 1.91. The lowest BCUT2D eigenvalue weighted by molar-refractivity contribution is 0.633. The van der Waals surface area contributed by atoms with Crippen LogP contribution in [-0.4, -0.2) is 10.5 Å². The molecule has 1 aromatic rings. The van der Waals surface area contributed by atoms with Gasteiger partial charge in [-0.3, -0.25) is 0 Å². The van der Waals surface area contributed by atoms with Crippen LogP contribution >= 0.6 is 11.6 Å². The third kappa shape index (κ3) is 3.09. The van der Waals surface area contributed by atoms with E-state index in [4.69, 9.17) is 11.6 Å².